The summed E-state index contributed by atoms with van der Waals surface area (Å²) in [6.45, 7) is 5.84. The van der Waals surface area contributed by atoms with Gasteiger partial charge in [0.2, 0.25) is 0 Å². The molecule has 0 saturated heterocycles. The standard InChI is InChI=1S/C7H12N2OS/c1-5-6(2)8-9(7(5)3)11(4)10/h1-4H3. The molecule has 0 N–H and O–H groups in total. The Morgan fingerprint density at radius 2 is 1.91 bits per heavy atom. The number of rotatable bonds is 1. The molecule has 4 heteroatoms. The highest BCUT2D eigenvalue weighted by Crippen LogP contribution is 2.10. The maximum atomic E-state index is 11.0. The second-order valence-electron chi connectivity index (χ2n) is 2.59. The average Bonchev–Trinajstić information content (AvgIpc) is 2.17. The van der Waals surface area contributed by atoms with Crippen LogP contribution in [0.5, 0.6) is 0 Å². The van der Waals surface area contributed by atoms with Crippen LogP contribution in [0.2, 0.25) is 0 Å². The number of hydrogen-bond acceptors (Lipinski definition) is 2. The van der Waals surface area contributed by atoms with Gasteiger partial charge < -0.3 is 0 Å². The zero-order chi connectivity index (χ0) is 8.59. The molecule has 0 amide bonds. The normalized spacial score (nSPS) is 13.5. The van der Waals surface area contributed by atoms with Crippen molar-refractivity contribution in [2.45, 2.75) is 20.8 Å². The maximum absolute atomic E-state index is 11.0. The van der Waals surface area contributed by atoms with E-state index < -0.39 is 11.0 Å². The zero-order valence-corrected chi connectivity index (χ0v) is 8.03. The van der Waals surface area contributed by atoms with Gasteiger partial charge in [-0.3, -0.25) is 0 Å². The maximum Gasteiger partial charge on any atom is 0.137 e. The highest BCUT2D eigenvalue weighted by atomic mass is 32.2. The van der Waals surface area contributed by atoms with Gasteiger partial charge >= 0.3 is 0 Å². The van der Waals surface area contributed by atoms with E-state index in [0.29, 0.717) is 0 Å². The van der Waals surface area contributed by atoms with Crippen molar-refractivity contribution in [2.24, 2.45) is 0 Å². The van der Waals surface area contributed by atoms with Crippen molar-refractivity contribution in [1.82, 2.24) is 9.19 Å². The molecule has 11 heavy (non-hydrogen) atoms. The summed E-state index contributed by atoms with van der Waals surface area (Å²) in [4.78, 5) is 0. The zero-order valence-electron chi connectivity index (χ0n) is 7.21. The van der Waals surface area contributed by atoms with Gasteiger partial charge in [0.1, 0.15) is 11.0 Å². The van der Waals surface area contributed by atoms with Crippen LogP contribution in [0.25, 0.3) is 0 Å². The Morgan fingerprint density at radius 3 is 2.09 bits per heavy atom. The highest BCUT2D eigenvalue weighted by molar-refractivity contribution is 7.82. The van der Waals surface area contributed by atoms with Gasteiger partial charge in [0.15, 0.2) is 0 Å². The Balaban J connectivity index is 3.29. The molecule has 3 nitrogen and oxygen atoms in total. The molecule has 0 radical (unpaired) electrons. The van der Waals surface area contributed by atoms with Crippen LogP contribution in [-0.2, 0) is 11.0 Å². The van der Waals surface area contributed by atoms with E-state index in [2.05, 4.69) is 5.10 Å². The summed E-state index contributed by atoms with van der Waals surface area (Å²) < 4.78 is 12.6. The number of aromatic nitrogens is 2. The molecule has 1 heterocycles. The fraction of sp³-hybridized carbons (Fsp3) is 0.571. The lowest BCUT2D eigenvalue weighted by Gasteiger charge is -1.96. The van der Waals surface area contributed by atoms with Gasteiger partial charge in [0, 0.05) is 6.26 Å². The summed E-state index contributed by atoms with van der Waals surface area (Å²) >= 11 is 0. The van der Waals surface area contributed by atoms with Gasteiger partial charge in [-0.15, -0.1) is 0 Å². The molecule has 1 aromatic heterocycles. The van der Waals surface area contributed by atoms with Crippen LogP contribution < -0.4 is 0 Å². The van der Waals surface area contributed by atoms with Gasteiger partial charge in [-0.05, 0) is 26.3 Å². The summed E-state index contributed by atoms with van der Waals surface area (Å²) in [6.07, 6.45) is 1.62. The average molecular weight is 172 g/mol. The number of hydrogen-bond donors (Lipinski definition) is 0. The predicted molar refractivity (Wildman–Crippen MR) is 45.9 cm³/mol. The Labute approximate surface area is 69.0 Å². The topological polar surface area (TPSA) is 34.9 Å². The minimum atomic E-state index is -1.02. The summed E-state index contributed by atoms with van der Waals surface area (Å²) in [5.74, 6) is 0. The quantitative estimate of drug-likeness (QED) is 0.632. The molecule has 0 aliphatic heterocycles. The Bertz CT molecular complexity index is 304. The van der Waals surface area contributed by atoms with E-state index in [0.717, 1.165) is 17.0 Å². The summed E-state index contributed by atoms with van der Waals surface area (Å²) in [6, 6.07) is 0. The molecular weight excluding hydrogens is 160 g/mol. The van der Waals surface area contributed by atoms with Crippen LogP contribution in [0.1, 0.15) is 17.0 Å². The second kappa shape index (κ2) is 2.77. The molecule has 0 spiro atoms. The fourth-order valence-electron chi connectivity index (χ4n) is 0.942. The molecule has 1 atom stereocenters. The SMILES string of the molecule is Cc1nn(S(C)=O)c(C)c1C. The van der Waals surface area contributed by atoms with Gasteiger partial charge in [0.25, 0.3) is 0 Å². The van der Waals surface area contributed by atoms with Crippen LogP contribution in [-0.4, -0.2) is 19.7 Å². The number of nitrogens with zero attached hydrogens (tertiary/aromatic N) is 2. The predicted octanol–water partition coefficient (Wildman–Crippen LogP) is 0.950. The molecule has 1 aromatic rings. The lowest BCUT2D eigenvalue weighted by molar-refractivity contribution is 0.673. The van der Waals surface area contributed by atoms with Gasteiger partial charge in [-0.1, -0.05) is 0 Å². The van der Waals surface area contributed by atoms with Crippen LogP contribution in [0.4, 0.5) is 0 Å². The van der Waals surface area contributed by atoms with E-state index in [-0.39, 0.29) is 0 Å². The van der Waals surface area contributed by atoms with E-state index in [1.54, 1.807) is 10.3 Å². The van der Waals surface area contributed by atoms with Crippen LogP contribution >= 0.6 is 0 Å². The molecule has 0 aliphatic carbocycles. The molecule has 0 saturated carbocycles. The van der Waals surface area contributed by atoms with E-state index in [1.165, 1.54) is 0 Å². The summed E-state index contributed by atoms with van der Waals surface area (Å²) in [5, 5.41) is 4.13. The second-order valence-corrected chi connectivity index (χ2v) is 3.79. The van der Waals surface area contributed by atoms with Crippen molar-refractivity contribution in [3.05, 3.63) is 17.0 Å². The van der Waals surface area contributed by atoms with Gasteiger partial charge in [-0.2, -0.15) is 9.19 Å². The largest absolute Gasteiger partial charge is 0.235 e. The lowest BCUT2D eigenvalue weighted by Crippen LogP contribution is -2.05. The molecule has 0 aromatic carbocycles. The molecule has 1 rings (SSSR count). The van der Waals surface area contributed by atoms with E-state index in [1.807, 2.05) is 20.8 Å². The first kappa shape index (κ1) is 8.46. The molecular formula is C7H12N2OS. The van der Waals surface area contributed by atoms with Crippen LogP contribution in [0.3, 0.4) is 0 Å². The van der Waals surface area contributed by atoms with E-state index >= 15 is 0 Å². The summed E-state index contributed by atoms with van der Waals surface area (Å²) in [5.41, 5.74) is 3.07. The highest BCUT2D eigenvalue weighted by Gasteiger charge is 2.08. The van der Waals surface area contributed by atoms with Crippen LogP contribution in [0, 0.1) is 20.8 Å². The fourth-order valence-corrected chi connectivity index (χ4v) is 1.70. The molecule has 1 unspecified atom stereocenters. The van der Waals surface area contributed by atoms with Crippen molar-refractivity contribution in [3.63, 3.8) is 0 Å². The Morgan fingerprint density at radius 1 is 1.36 bits per heavy atom. The monoisotopic (exact) mass is 172 g/mol. The minimum Gasteiger partial charge on any atom is -0.235 e. The van der Waals surface area contributed by atoms with Crippen LogP contribution in [0.15, 0.2) is 0 Å². The smallest absolute Gasteiger partial charge is 0.137 e. The van der Waals surface area contributed by atoms with Crippen molar-refractivity contribution < 1.29 is 4.21 Å². The first-order valence-electron chi connectivity index (χ1n) is 3.40. The molecule has 0 bridgehead atoms. The van der Waals surface area contributed by atoms with Gasteiger partial charge in [-0.25, -0.2) is 4.21 Å². The summed E-state index contributed by atoms with van der Waals surface area (Å²) in [7, 11) is -1.02. The molecule has 0 fully saturated rings. The first-order valence-corrected chi connectivity index (χ1v) is 4.92. The van der Waals surface area contributed by atoms with Gasteiger partial charge in [0.05, 0.1) is 11.4 Å². The Hall–Kier alpha value is -0.640. The van der Waals surface area contributed by atoms with Crippen molar-refractivity contribution >= 4 is 11.0 Å². The number of aryl methyl sites for hydroxylation is 1. The Kier molecular flexibility index (Phi) is 2.13. The van der Waals surface area contributed by atoms with E-state index in [4.69, 9.17) is 0 Å². The van der Waals surface area contributed by atoms with E-state index in [9.17, 15) is 4.21 Å². The third-order valence-corrected chi connectivity index (χ3v) is 2.70. The minimum absolute atomic E-state index is 0.956. The van der Waals surface area contributed by atoms with Crippen molar-refractivity contribution in [2.75, 3.05) is 6.26 Å². The third kappa shape index (κ3) is 1.35. The first-order chi connectivity index (χ1) is 5.04. The van der Waals surface area contributed by atoms with Crippen molar-refractivity contribution in [1.29, 1.82) is 0 Å². The molecule has 62 valence electrons. The third-order valence-electron chi connectivity index (χ3n) is 1.86. The molecule has 0 aliphatic rings. The lowest BCUT2D eigenvalue weighted by atomic mass is 10.2. The van der Waals surface area contributed by atoms with Crippen molar-refractivity contribution in [3.8, 4) is 0 Å².